The lowest BCUT2D eigenvalue weighted by atomic mass is 9.78. The van der Waals surface area contributed by atoms with E-state index in [0.717, 1.165) is 71.9 Å². The Hall–Kier alpha value is -3.68. The molecule has 2 aromatic carbocycles. The van der Waals surface area contributed by atoms with Crippen molar-refractivity contribution < 1.29 is 19.8 Å². The first kappa shape index (κ1) is 40.5. The number of hydrogen-bond donors (Lipinski definition) is 4. The van der Waals surface area contributed by atoms with E-state index in [2.05, 4.69) is 104 Å². The van der Waals surface area contributed by atoms with Gasteiger partial charge in [-0.15, -0.1) is 0 Å². The van der Waals surface area contributed by atoms with Crippen LogP contribution in [0.2, 0.25) is 0 Å². The number of unbranched alkanes of at least 4 members (excludes halogenated alkanes) is 5. The van der Waals surface area contributed by atoms with Crippen molar-refractivity contribution in [3.8, 4) is 11.5 Å². The van der Waals surface area contributed by atoms with Crippen LogP contribution >= 0.6 is 0 Å². The maximum absolute atomic E-state index is 12.3. The van der Waals surface area contributed by atoms with Crippen molar-refractivity contribution in [2.75, 3.05) is 0 Å². The second kappa shape index (κ2) is 16.6. The number of phenolic OH excluding ortho intramolecular Hbond substituents is 2. The van der Waals surface area contributed by atoms with Crippen LogP contribution in [0.15, 0.2) is 34.5 Å². The number of rotatable bonds is 13. The standard InChI is InChI=1S/C40H62N4O4/c1-37(2,3)29-21-27(22-30(35(29)47)38(4,5)6)25-41-43-33(45)19-17-15-13-14-16-18-20-34(46)44-42-26-28-23-31(39(7,8)9)36(48)32(24-28)40(10,11)12/h21-26,47-48H,13-20H2,1-12H3,(H,43,45)(H,44,46)/b41-25+,42-26+. The van der Waals surface area contributed by atoms with E-state index in [-0.39, 0.29) is 33.5 Å². The zero-order valence-corrected chi connectivity index (χ0v) is 31.7. The number of nitrogens with zero attached hydrogens (tertiary/aromatic N) is 2. The fourth-order valence-corrected chi connectivity index (χ4v) is 5.50. The van der Waals surface area contributed by atoms with Crippen LogP contribution in [0, 0.1) is 0 Å². The van der Waals surface area contributed by atoms with Crippen LogP contribution in [-0.2, 0) is 31.2 Å². The van der Waals surface area contributed by atoms with Crippen LogP contribution < -0.4 is 10.9 Å². The molecule has 2 amide bonds. The zero-order chi connectivity index (χ0) is 36.5. The average molecular weight is 663 g/mol. The number of aromatic hydroxyl groups is 2. The molecular formula is C40H62N4O4. The molecule has 8 heteroatoms. The first-order valence-corrected chi connectivity index (χ1v) is 17.4. The van der Waals surface area contributed by atoms with Crippen molar-refractivity contribution >= 4 is 24.2 Å². The SMILES string of the molecule is CC(C)(C)c1cc(/C=N/NC(=O)CCCCCCCCC(=O)N/N=C/c2cc(C(C)(C)C)c(O)c(C(C)(C)C)c2)cc(C(C)(C)C)c1O. The molecule has 0 fully saturated rings. The number of hydrogen-bond acceptors (Lipinski definition) is 6. The van der Waals surface area contributed by atoms with Gasteiger partial charge in [-0.3, -0.25) is 9.59 Å². The fourth-order valence-electron chi connectivity index (χ4n) is 5.50. The summed E-state index contributed by atoms with van der Waals surface area (Å²) in [6, 6.07) is 7.72. The van der Waals surface area contributed by atoms with Crippen LogP contribution in [0.4, 0.5) is 0 Å². The number of hydrazone groups is 2. The van der Waals surface area contributed by atoms with Crippen LogP contribution in [0.1, 0.15) is 168 Å². The molecule has 2 aromatic rings. The third-order valence-electron chi connectivity index (χ3n) is 8.36. The number of benzene rings is 2. The van der Waals surface area contributed by atoms with Crippen LogP contribution in [0.3, 0.4) is 0 Å². The largest absolute Gasteiger partial charge is 0.507 e. The van der Waals surface area contributed by atoms with Gasteiger partial charge in [0.2, 0.25) is 11.8 Å². The van der Waals surface area contributed by atoms with Crippen molar-refractivity contribution in [3.05, 3.63) is 57.6 Å². The molecule has 8 nitrogen and oxygen atoms in total. The van der Waals surface area contributed by atoms with Gasteiger partial charge in [-0.1, -0.05) is 109 Å². The third-order valence-corrected chi connectivity index (χ3v) is 8.36. The second-order valence-corrected chi connectivity index (χ2v) is 17.1. The fraction of sp³-hybridized carbons (Fsp3) is 0.600. The van der Waals surface area contributed by atoms with Crippen molar-refractivity contribution in [3.63, 3.8) is 0 Å². The summed E-state index contributed by atoms with van der Waals surface area (Å²) in [6.07, 6.45) is 9.54. The maximum Gasteiger partial charge on any atom is 0.240 e. The van der Waals surface area contributed by atoms with Crippen LogP contribution in [0.5, 0.6) is 11.5 Å². The van der Waals surface area contributed by atoms with Gasteiger partial charge >= 0.3 is 0 Å². The van der Waals surface area contributed by atoms with E-state index in [0.29, 0.717) is 24.3 Å². The Kier molecular flexibility index (Phi) is 14.0. The van der Waals surface area contributed by atoms with Gasteiger partial charge in [0, 0.05) is 35.1 Å². The van der Waals surface area contributed by atoms with Gasteiger partial charge in [0.05, 0.1) is 12.4 Å². The lowest BCUT2D eigenvalue weighted by Crippen LogP contribution is -2.19. The molecule has 0 saturated heterocycles. The monoisotopic (exact) mass is 662 g/mol. The topological polar surface area (TPSA) is 123 Å². The molecule has 0 atom stereocenters. The molecule has 0 radical (unpaired) electrons. The molecule has 4 N–H and O–H groups in total. The summed E-state index contributed by atoms with van der Waals surface area (Å²) in [7, 11) is 0. The Morgan fingerprint density at radius 2 is 0.771 bits per heavy atom. The summed E-state index contributed by atoms with van der Waals surface area (Å²) < 4.78 is 0. The van der Waals surface area contributed by atoms with Gasteiger partial charge < -0.3 is 10.2 Å². The van der Waals surface area contributed by atoms with E-state index in [4.69, 9.17) is 0 Å². The highest BCUT2D eigenvalue weighted by Crippen LogP contribution is 2.40. The molecule has 0 aliphatic rings. The lowest BCUT2D eigenvalue weighted by molar-refractivity contribution is -0.122. The van der Waals surface area contributed by atoms with E-state index < -0.39 is 0 Å². The lowest BCUT2D eigenvalue weighted by Gasteiger charge is -2.27. The molecule has 0 aliphatic carbocycles. The van der Waals surface area contributed by atoms with Gasteiger partial charge in [-0.25, -0.2) is 10.9 Å². The Morgan fingerprint density at radius 3 is 1.02 bits per heavy atom. The van der Waals surface area contributed by atoms with E-state index >= 15 is 0 Å². The summed E-state index contributed by atoms with van der Waals surface area (Å²) in [6.45, 7) is 24.8. The highest BCUT2D eigenvalue weighted by atomic mass is 16.3. The number of nitrogens with one attached hydrogen (secondary N) is 2. The summed E-state index contributed by atoms with van der Waals surface area (Å²) >= 11 is 0. The first-order chi connectivity index (χ1) is 22.0. The Bertz CT molecular complexity index is 1280. The van der Waals surface area contributed by atoms with Gasteiger partial charge in [0.1, 0.15) is 11.5 Å². The quantitative estimate of drug-likeness (QED) is 0.0971. The summed E-state index contributed by atoms with van der Waals surface area (Å²) in [4.78, 5) is 24.7. The summed E-state index contributed by atoms with van der Waals surface area (Å²) in [5.74, 6) is 0.400. The van der Waals surface area contributed by atoms with E-state index in [1.165, 1.54) is 0 Å². The van der Waals surface area contributed by atoms with E-state index in [9.17, 15) is 19.8 Å². The summed E-state index contributed by atoms with van der Waals surface area (Å²) in [5.41, 5.74) is 9.42. The van der Waals surface area contributed by atoms with Gasteiger partial charge in [0.15, 0.2) is 0 Å². The zero-order valence-electron chi connectivity index (χ0n) is 31.7. The maximum atomic E-state index is 12.3. The Morgan fingerprint density at radius 1 is 0.521 bits per heavy atom. The smallest absolute Gasteiger partial charge is 0.240 e. The second-order valence-electron chi connectivity index (χ2n) is 17.1. The number of amides is 2. The Balaban J connectivity index is 1.72. The predicted molar refractivity (Wildman–Crippen MR) is 199 cm³/mol. The van der Waals surface area contributed by atoms with Gasteiger partial charge in [-0.2, -0.15) is 10.2 Å². The highest BCUT2D eigenvalue weighted by molar-refractivity contribution is 5.84. The number of carbonyl (C=O) groups excluding carboxylic acids is 2. The molecule has 0 spiro atoms. The van der Waals surface area contributed by atoms with Crippen molar-refractivity contribution in [1.82, 2.24) is 10.9 Å². The molecular weight excluding hydrogens is 600 g/mol. The van der Waals surface area contributed by atoms with Crippen LogP contribution in [-0.4, -0.2) is 34.5 Å². The average Bonchev–Trinajstić information content (AvgIpc) is 2.93. The molecule has 0 unspecified atom stereocenters. The van der Waals surface area contributed by atoms with Crippen molar-refractivity contribution in [2.45, 2.75) is 156 Å². The number of carbonyl (C=O) groups is 2. The van der Waals surface area contributed by atoms with Crippen LogP contribution in [0.25, 0.3) is 0 Å². The normalized spacial score (nSPS) is 13.0. The van der Waals surface area contributed by atoms with E-state index in [1.54, 1.807) is 12.4 Å². The first-order valence-electron chi connectivity index (χ1n) is 17.4. The van der Waals surface area contributed by atoms with Crippen molar-refractivity contribution in [1.29, 1.82) is 0 Å². The molecule has 0 aliphatic heterocycles. The van der Waals surface area contributed by atoms with Gasteiger partial charge in [-0.05, 0) is 69.9 Å². The number of phenols is 2. The van der Waals surface area contributed by atoms with Crippen molar-refractivity contribution in [2.24, 2.45) is 10.2 Å². The van der Waals surface area contributed by atoms with E-state index in [1.807, 2.05) is 24.3 Å². The molecule has 0 bridgehead atoms. The molecule has 2 rings (SSSR count). The molecule has 0 saturated carbocycles. The minimum atomic E-state index is -0.235. The third kappa shape index (κ3) is 12.7. The molecule has 0 heterocycles. The molecule has 0 aromatic heterocycles. The predicted octanol–water partition coefficient (Wildman–Crippen LogP) is 9.01. The molecule has 48 heavy (non-hydrogen) atoms. The Labute approximate surface area is 289 Å². The minimum Gasteiger partial charge on any atom is -0.507 e. The minimum absolute atomic E-state index is 0.120. The van der Waals surface area contributed by atoms with Gasteiger partial charge in [0.25, 0.3) is 0 Å². The summed E-state index contributed by atoms with van der Waals surface area (Å²) in [5, 5.41) is 30.1. The highest BCUT2D eigenvalue weighted by Gasteiger charge is 2.27. The molecule has 266 valence electrons.